The number of anilines is 1. The van der Waals surface area contributed by atoms with Gasteiger partial charge in [0.25, 0.3) is 0 Å². The van der Waals surface area contributed by atoms with Gasteiger partial charge < -0.3 is 5.32 Å². The Morgan fingerprint density at radius 3 is 2.34 bits per heavy atom. The zero-order valence-corrected chi connectivity index (χ0v) is 21.0. The number of nitrogens with one attached hydrogen (secondary N) is 1. The Balaban J connectivity index is 1.91. The van der Waals surface area contributed by atoms with Crippen LogP contribution < -0.4 is 9.62 Å². The van der Waals surface area contributed by atoms with Gasteiger partial charge in [0.05, 0.1) is 23.0 Å². The normalized spacial score (nSPS) is 15.5. The first-order chi connectivity index (χ1) is 15.2. The van der Waals surface area contributed by atoms with E-state index in [2.05, 4.69) is 23.5 Å². The summed E-state index contributed by atoms with van der Waals surface area (Å²) in [5.74, 6) is -0.362. The molecule has 1 amide bonds. The predicted octanol–water partition coefficient (Wildman–Crippen LogP) is 5.68. The molecule has 0 fully saturated rings. The summed E-state index contributed by atoms with van der Waals surface area (Å²) >= 11 is 12.4. The average molecular weight is 497 g/mol. The first kappa shape index (κ1) is 24.9. The van der Waals surface area contributed by atoms with Gasteiger partial charge in [-0.2, -0.15) is 0 Å². The summed E-state index contributed by atoms with van der Waals surface area (Å²) in [6.07, 6.45) is 6.59. The van der Waals surface area contributed by atoms with Crippen LogP contribution in [0, 0.1) is 0 Å². The van der Waals surface area contributed by atoms with Gasteiger partial charge in [-0.05, 0) is 73.4 Å². The topological polar surface area (TPSA) is 66.5 Å². The second kappa shape index (κ2) is 10.4. The van der Waals surface area contributed by atoms with Crippen molar-refractivity contribution in [3.63, 3.8) is 0 Å². The molecular formula is C24H30Cl2N2O3S. The molecule has 0 saturated carbocycles. The highest BCUT2D eigenvalue weighted by molar-refractivity contribution is 7.92. The van der Waals surface area contributed by atoms with Gasteiger partial charge in [0.1, 0.15) is 6.04 Å². The standard InChI is InChI=1S/C24H30Cl2N2O3S/c1-4-21(18-11-10-16-8-6-7-9-17(16)14-18)27-24(29)22(5-2)28(32(3,30)31)23-15-19(25)12-13-20(23)26/h10-15,21-22H,4-9H2,1-3H3,(H,27,29)/t21-,22-/m0/s1. The number of carbonyl (C=O) groups excluding carboxylic acids is 1. The minimum atomic E-state index is -3.80. The van der Waals surface area contributed by atoms with Gasteiger partial charge in [0, 0.05) is 5.02 Å². The van der Waals surface area contributed by atoms with Gasteiger partial charge in [-0.25, -0.2) is 8.42 Å². The van der Waals surface area contributed by atoms with Crippen LogP contribution >= 0.6 is 23.2 Å². The highest BCUT2D eigenvalue weighted by Crippen LogP contribution is 2.33. The van der Waals surface area contributed by atoms with Gasteiger partial charge in [-0.15, -0.1) is 0 Å². The predicted molar refractivity (Wildman–Crippen MR) is 132 cm³/mol. The zero-order valence-electron chi connectivity index (χ0n) is 18.7. The van der Waals surface area contributed by atoms with Crippen molar-refractivity contribution < 1.29 is 13.2 Å². The smallest absolute Gasteiger partial charge is 0.244 e. The number of carbonyl (C=O) groups is 1. The van der Waals surface area contributed by atoms with Crippen molar-refractivity contribution in [2.45, 2.75) is 64.5 Å². The molecule has 1 N–H and O–H groups in total. The highest BCUT2D eigenvalue weighted by atomic mass is 35.5. The highest BCUT2D eigenvalue weighted by Gasteiger charge is 2.34. The molecular weight excluding hydrogens is 467 g/mol. The van der Waals surface area contributed by atoms with Crippen molar-refractivity contribution >= 4 is 44.8 Å². The Labute approximate surface area is 201 Å². The van der Waals surface area contributed by atoms with E-state index in [-0.39, 0.29) is 29.1 Å². The molecule has 1 aliphatic rings. The number of hydrogen-bond acceptors (Lipinski definition) is 3. The van der Waals surface area contributed by atoms with E-state index in [4.69, 9.17) is 23.2 Å². The summed E-state index contributed by atoms with van der Waals surface area (Å²) in [6, 6.07) is 9.84. The van der Waals surface area contributed by atoms with Crippen LogP contribution in [0.2, 0.25) is 10.0 Å². The number of benzene rings is 2. The number of halogens is 2. The molecule has 3 rings (SSSR count). The number of rotatable bonds is 8. The molecule has 0 radical (unpaired) electrons. The van der Waals surface area contributed by atoms with E-state index >= 15 is 0 Å². The zero-order chi connectivity index (χ0) is 23.5. The van der Waals surface area contributed by atoms with Crippen molar-refractivity contribution in [2.75, 3.05) is 10.6 Å². The number of fused-ring (bicyclic) bond motifs is 1. The second-order valence-electron chi connectivity index (χ2n) is 8.28. The van der Waals surface area contributed by atoms with Gasteiger partial charge in [0.15, 0.2) is 0 Å². The molecule has 32 heavy (non-hydrogen) atoms. The summed E-state index contributed by atoms with van der Waals surface area (Å²) in [5, 5.41) is 3.63. The Morgan fingerprint density at radius 2 is 1.72 bits per heavy atom. The van der Waals surface area contributed by atoms with Crippen LogP contribution in [-0.2, 0) is 27.7 Å². The lowest BCUT2D eigenvalue weighted by Crippen LogP contribution is -2.50. The van der Waals surface area contributed by atoms with Crippen LogP contribution in [0.5, 0.6) is 0 Å². The molecule has 0 unspecified atom stereocenters. The fourth-order valence-corrected chi connectivity index (χ4v) is 5.99. The lowest BCUT2D eigenvalue weighted by molar-refractivity contribution is -0.123. The Hall–Kier alpha value is -1.76. The van der Waals surface area contributed by atoms with Crippen LogP contribution in [0.15, 0.2) is 36.4 Å². The quantitative estimate of drug-likeness (QED) is 0.510. The third kappa shape index (κ3) is 5.59. The van der Waals surface area contributed by atoms with Gasteiger partial charge in [0.2, 0.25) is 15.9 Å². The maximum Gasteiger partial charge on any atom is 0.244 e. The number of aryl methyl sites for hydroxylation is 2. The summed E-state index contributed by atoms with van der Waals surface area (Å²) in [4.78, 5) is 13.4. The lowest BCUT2D eigenvalue weighted by Gasteiger charge is -2.32. The minimum Gasteiger partial charge on any atom is -0.347 e. The number of sulfonamides is 1. The Kier molecular flexibility index (Phi) is 8.12. The van der Waals surface area contributed by atoms with Crippen molar-refractivity contribution in [2.24, 2.45) is 0 Å². The maximum atomic E-state index is 13.4. The number of amides is 1. The summed E-state index contributed by atoms with van der Waals surface area (Å²) in [6.45, 7) is 3.79. The molecule has 0 heterocycles. The monoisotopic (exact) mass is 496 g/mol. The number of nitrogens with zero attached hydrogens (tertiary/aromatic N) is 1. The molecule has 0 aliphatic heterocycles. The first-order valence-corrected chi connectivity index (χ1v) is 13.6. The third-order valence-electron chi connectivity index (χ3n) is 5.97. The van der Waals surface area contributed by atoms with E-state index in [1.807, 2.05) is 6.92 Å². The SMILES string of the molecule is CC[C@H](NC(=O)[C@H](CC)N(c1cc(Cl)ccc1Cl)S(C)(=O)=O)c1ccc2c(c1)CCCC2. The molecule has 2 atom stereocenters. The minimum absolute atomic E-state index is 0.200. The van der Waals surface area contributed by atoms with E-state index in [0.717, 1.165) is 29.0 Å². The fraction of sp³-hybridized carbons (Fsp3) is 0.458. The van der Waals surface area contributed by atoms with Crippen LogP contribution in [0.25, 0.3) is 0 Å². The van der Waals surface area contributed by atoms with Crippen molar-refractivity contribution in [3.05, 3.63) is 63.1 Å². The van der Waals surface area contributed by atoms with E-state index in [1.165, 1.54) is 36.1 Å². The largest absolute Gasteiger partial charge is 0.347 e. The van der Waals surface area contributed by atoms with E-state index in [9.17, 15) is 13.2 Å². The summed E-state index contributed by atoms with van der Waals surface area (Å²) in [5.41, 5.74) is 3.97. The van der Waals surface area contributed by atoms with Crippen molar-refractivity contribution in [1.29, 1.82) is 0 Å². The van der Waals surface area contributed by atoms with Crippen molar-refractivity contribution in [1.82, 2.24) is 5.32 Å². The van der Waals surface area contributed by atoms with Gasteiger partial charge in [-0.1, -0.05) is 55.2 Å². The van der Waals surface area contributed by atoms with Gasteiger partial charge in [-0.3, -0.25) is 9.10 Å². The van der Waals surface area contributed by atoms with Crippen LogP contribution in [0.4, 0.5) is 5.69 Å². The third-order valence-corrected chi connectivity index (χ3v) is 7.70. The molecule has 0 bridgehead atoms. The van der Waals surface area contributed by atoms with Crippen LogP contribution in [-0.4, -0.2) is 26.6 Å². The molecule has 5 nitrogen and oxygen atoms in total. The molecule has 8 heteroatoms. The van der Waals surface area contributed by atoms with Crippen LogP contribution in [0.3, 0.4) is 0 Å². The van der Waals surface area contributed by atoms with Crippen LogP contribution in [0.1, 0.15) is 62.3 Å². The molecule has 2 aromatic carbocycles. The average Bonchev–Trinajstić information content (AvgIpc) is 2.76. The van der Waals surface area contributed by atoms with Crippen molar-refractivity contribution in [3.8, 4) is 0 Å². The molecule has 0 saturated heterocycles. The molecule has 0 aromatic heterocycles. The fourth-order valence-electron chi connectivity index (χ4n) is 4.35. The summed E-state index contributed by atoms with van der Waals surface area (Å²) in [7, 11) is -3.80. The molecule has 0 spiro atoms. The van der Waals surface area contributed by atoms with E-state index in [0.29, 0.717) is 11.4 Å². The van der Waals surface area contributed by atoms with E-state index in [1.54, 1.807) is 13.0 Å². The first-order valence-electron chi connectivity index (χ1n) is 11.0. The molecule has 174 valence electrons. The van der Waals surface area contributed by atoms with Gasteiger partial charge >= 0.3 is 0 Å². The molecule has 1 aliphatic carbocycles. The second-order valence-corrected chi connectivity index (χ2v) is 11.0. The Morgan fingerprint density at radius 1 is 1.03 bits per heavy atom. The summed E-state index contributed by atoms with van der Waals surface area (Å²) < 4.78 is 26.5. The maximum absolute atomic E-state index is 13.4. The Bertz CT molecular complexity index is 1090. The lowest BCUT2D eigenvalue weighted by atomic mass is 9.88. The molecule has 2 aromatic rings. The number of hydrogen-bond donors (Lipinski definition) is 1. The van der Waals surface area contributed by atoms with E-state index < -0.39 is 16.1 Å².